The molecule has 4 nitrogen and oxygen atoms in total. The lowest BCUT2D eigenvalue weighted by Crippen LogP contribution is -2.45. The predicted molar refractivity (Wildman–Crippen MR) is 131 cm³/mol. The molecular formula is C28H41NO3. The van der Waals surface area contributed by atoms with Gasteiger partial charge in [-0.05, 0) is 47.9 Å². The summed E-state index contributed by atoms with van der Waals surface area (Å²) in [6.07, 6.45) is 1.74. The molecule has 0 aliphatic carbocycles. The van der Waals surface area contributed by atoms with Gasteiger partial charge in [0.2, 0.25) is 0 Å². The van der Waals surface area contributed by atoms with Crippen molar-refractivity contribution in [3.63, 3.8) is 0 Å². The summed E-state index contributed by atoms with van der Waals surface area (Å²) in [5.41, 5.74) is 1.17. The van der Waals surface area contributed by atoms with Crippen LogP contribution in [0.2, 0.25) is 0 Å². The van der Waals surface area contributed by atoms with E-state index in [2.05, 4.69) is 69.0 Å². The summed E-state index contributed by atoms with van der Waals surface area (Å²) >= 11 is 0. The highest BCUT2D eigenvalue weighted by Crippen LogP contribution is 2.43. The molecule has 0 unspecified atom stereocenters. The Morgan fingerprint density at radius 3 is 2.19 bits per heavy atom. The zero-order chi connectivity index (χ0) is 23.0. The van der Waals surface area contributed by atoms with Crippen molar-refractivity contribution in [2.75, 3.05) is 39.5 Å². The smallest absolute Gasteiger partial charge is 0.119 e. The monoisotopic (exact) mass is 439 g/mol. The number of aliphatic hydroxyl groups is 1. The van der Waals surface area contributed by atoms with E-state index in [1.165, 1.54) is 5.56 Å². The summed E-state index contributed by atoms with van der Waals surface area (Å²) < 4.78 is 11.5. The maximum Gasteiger partial charge on any atom is 0.119 e. The Hall–Kier alpha value is -1.88. The molecule has 0 spiro atoms. The standard InChI is InChI=1S/C28H41NO3/c1-22(2)14-17-32-26-12-10-25(11-13-26)28(30,20-23(3)4)27(24-8-6-5-7-9-24)21-29-15-18-31-19-16-29/h5-13,22-23,27,30H,14-21H2,1-4H3/t27-,28+/m0/s1. The molecular weight excluding hydrogens is 398 g/mol. The van der Waals surface area contributed by atoms with E-state index in [0.717, 1.165) is 57.2 Å². The van der Waals surface area contributed by atoms with Crippen LogP contribution in [0.3, 0.4) is 0 Å². The van der Waals surface area contributed by atoms with Gasteiger partial charge in [0.25, 0.3) is 0 Å². The van der Waals surface area contributed by atoms with Gasteiger partial charge in [0.15, 0.2) is 0 Å². The second-order valence-electron chi connectivity index (χ2n) is 9.95. The summed E-state index contributed by atoms with van der Waals surface area (Å²) in [6.45, 7) is 13.6. The summed E-state index contributed by atoms with van der Waals surface area (Å²) in [5.74, 6) is 1.82. The summed E-state index contributed by atoms with van der Waals surface area (Å²) in [4.78, 5) is 2.43. The largest absolute Gasteiger partial charge is 0.494 e. The maximum absolute atomic E-state index is 12.3. The summed E-state index contributed by atoms with van der Waals surface area (Å²) in [7, 11) is 0. The summed E-state index contributed by atoms with van der Waals surface area (Å²) in [5, 5.41) is 12.3. The van der Waals surface area contributed by atoms with E-state index in [4.69, 9.17) is 9.47 Å². The second kappa shape index (κ2) is 11.8. The van der Waals surface area contributed by atoms with Crippen molar-refractivity contribution >= 4 is 0 Å². The minimum Gasteiger partial charge on any atom is -0.494 e. The van der Waals surface area contributed by atoms with Crippen LogP contribution < -0.4 is 4.74 Å². The number of ether oxygens (including phenoxy) is 2. The zero-order valence-corrected chi connectivity index (χ0v) is 20.3. The Morgan fingerprint density at radius 1 is 0.938 bits per heavy atom. The number of hydrogen-bond donors (Lipinski definition) is 1. The highest BCUT2D eigenvalue weighted by Gasteiger charge is 2.41. The topological polar surface area (TPSA) is 41.9 Å². The number of morpholine rings is 1. The predicted octanol–water partition coefficient (Wildman–Crippen LogP) is 5.46. The van der Waals surface area contributed by atoms with E-state index in [1.54, 1.807) is 0 Å². The molecule has 1 saturated heterocycles. The molecule has 0 aromatic heterocycles. The quantitative estimate of drug-likeness (QED) is 0.505. The van der Waals surface area contributed by atoms with E-state index in [9.17, 15) is 5.11 Å². The Kier molecular flexibility index (Phi) is 9.15. The lowest BCUT2D eigenvalue weighted by molar-refractivity contribution is -0.0356. The molecule has 3 rings (SSSR count). The lowest BCUT2D eigenvalue weighted by Gasteiger charge is -2.42. The van der Waals surface area contributed by atoms with Crippen LogP contribution in [-0.2, 0) is 10.3 Å². The van der Waals surface area contributed by atoms with Gasteiger partial charge in [0.1, 0.15) is 5.75 Å². The van der Waals surface area contributed by atoms with Gasteiger partial charge in [0.05, 0.1) is 25.4 Å². The van der Waals surface area contributed by atoms with Gasteiger partial charge in [-0.25, -0.2) is 0 Å². The first-order valence-corrected chi connectivity index (χ1v) is 12.2. The molecule has 2 aromatic carbocycles. The second-order valence-corrected chi connectivity index (χ2v) is 9.95. The zero-order valence-electron chi connectivity index (χ0n) is 20.3. The van der Waals surface area contributed by atoms with Gasteiger partial charge in [-0.1, -0.05) is 70.2 Å². The van der Waals surface area contributed by atoms with Crippen LogP contribution in [0.5, 0.6) is 5.75 Å². The number of nitrogens with zero attached hydrogens (tertiary/aromatic N) is 1. The van der Waals surface area contributed by atoms with Crippen LogP contribution in [-0.4, -0.2) is 49.5 Å². The Bertz CT molecular complexity index is 784. The minimum atomic E-state index is -0.968. The van der Waals surface area contributed by atoms with Crippen molar-refractivity contribution in [3.05, 3.63) is 65.7 Å². The Balaban J connectivity index is 1.90. The van der Waals surface area contributed by atoms with Crippen molar-refractivity contribution < 1.29 is 14.6 Å². The van der Waals surface area contributed by atoms with Gasteiger partial charge in [-0.15, -0.1) is 0 Å². The van der Waals surface area contributed by atoms with Gasteiger partial charge in [-0.3, -0.25) is 4.90 Å². The van der Waals surface area contributed by atoms with Crippen molar-refractivity contribution in [2.24, 2.45) is 11.8 Å². The molecule has 4 heteroatoms. The van der Waals surface area contributed by atoms with Crippen LogP contribution in [0.15, 0.2) is 54.6 Å². The van der Waals surface area contributed by atoms with Gasteiger partial charge in [0, 0.05) is 25.6 Å². The van der Waals surface area contributed by atoms with Gasteiger partial charge in [-0.2, -0.15) is 0 Å². The Labute approximate surface area is 194 Å². The molecule has 0 radical (unpaired) electrons. The van der Waals surface area contributed by atoms with E-state index in [-0.39, 0.29) is 5.92 Å². The summed E-state index contributed by atoms with van der Waals surface area (Å²) in [6, 6.07) is 18.6. The molecule has 1 N–H and O–H groups in total. The van der Waals surface area contributed by atoms with Crippen molar-refractivity contribution in [1.29, 1.82) is 0 Å². The number of benzene rings is 2. The van der Waals surface area contributed by atoms with Crippen LogP contribution >= 0.6 is 0 Å². The third-order valence-corrected chi connectivity index (χ3v) is 6.36. The van der Waals surface area contributed by atoms with Crippen LogP contribution in [0.25, 0.3) is 0 Å². The van der Waals surface area contributed by atoms with Gasteiger partial charge < -0.3 is 14.6 Å². The fraction of sp³-hybridized carbons (Fsp3) is 0.571. The third kappa shape index (κ3) is 6.81. The molecule has 0 bridgehead atoms. The number of hydrogen-bond acceptors (Lipinski definition) is 4. The van der Waals surface area contributed by atoms with E-state index in [1.807, 2.05) is 18.2 Å². The molecule has 1 aliphatic heterocycles. The molecule has 0 amide bonds. The first-order chi connectivity index (χ1) is 15.4. The molecule has 0 saturated carbocycles. The third-order valence-electron chi connectivity index (χ3n) is 6.36. The lowest BCUT2D eigenvalue weighted by atomic mass is 9.72. The molecule has 2 atom stereocenters. The highest BCUT2D eigenvalue weighted by atomic mass is 16.5. The average Bonchev–Trinajstić information content (AvgIpc) is 2.78. The molecule has 1 heterocycles. The van der Waals surface area contributed by atoms with E-state index >= 15 is 0 Å². The molecule has 32 heavy (non-hydrogen) atoms. The van der Waals surface area contributed by atoms with Crippen molar-refractivity contribution in [3.8, 4) is 5.75 Å². The molecule has 1 aliphatic rings. The maximum atomic E-state index is 12.3. The Morgan fingerprint density at radius 2 is 1.59 bits per heavy atom. The first kappa shape index (κ1) is 24.8. The van der Waals surface area contributed by atoms with E-state index in [0.29, 0.717) is 18.3 Å². The van der Waals surface area contributed by atoms with Crippen LogP contribution in [0, 0.1) is 11.8 Å². The normalized spacial score (nSPS) is 18.0. The van der Waals surface area contributed by atoms with Crippen LogP contribution in [0.4, 0.5) is 0 Å². The van der Waals surface area contributed by atoms with E-state index < -0.39 is 5.60 Å². The molecule has 1 fully saturated rings. The van der Waals surface area contributed by atoms with Crippen LogP contribution in [0.1, 0.15) is 57.6 Å². The van der Waals surface area contributed by atoms with Crippen molar-refractivity contribution in [2.45, 2.75) is 52.1 Å². The average molecular weight is 440 g/mol. The fourth-order valence-corrected chi connectivity index (χ4v) is 4.60. The molecule has 2 aromatic rings. The van der Waals surface area contributed by atoms with Gasteiger partial charge >= 0.3 is 0 Å². The van der Waals surface area contributed by atoms with Crippen molar-refractivity contribution in [1.82, 2.24) is 4.90 Å². The first-order valence-electron chi connectivity index (χ1n) is 12.2. The number of rotatable bonds is 11. The molecule has 176 valence electrons. The SMILES string of the molecule is CC(C)CCOc1ccc([C@](O)(CC(C)C)[C@@H](CN2CCOCC2)c2ccccc2)cc1. The minimum absolute atomic E-state index is 0.0306. The highest BCUT2D eigenvalue weighted by molar-refractivity contribution is 5.35. The fourth-order valence-electron chi connectivity index (χ4n) is 4.60.